The number of benzene rings is 1. The lowest BCUT2D eigenvalue weighted by atomic mass is 10.2. The second-order valence-corrected chi connectivity index (χ2v) is 7.97. The first kappa shape index (κ1) is 17.9. The molecular weight excluding hydrogens is 344 g/mol. The van der Waals surface area contributed by atoms with Crippen LogP contribution >= 0.6 is 11.6 Å². The molecule has 0 aliphatic heterocycles. The Bertz CT molecular complexity index is 745. The van der Waals surface area contributed by atoms with Crippen molar-refractivity contribution in [2.24, 2.45) is 5.14 Å². The number of carboxylic acids is 1. The molecule has 4 N–H and O–H groups in total. The van der Waals surface area contributed by atoms with E-state index in [-0.39, 0.29) is 34.2 Å². The molecule has 21 heavy (non-hydrogen) atoms. The number of halogens is 1. The van der Waals surface area contributed by atoms with Crippen LogP contribution in [-0.2, 0) is 20.0 Å². The van der Waals surface area contributed by atoms with E-state index in [4.69, 9.17) is 21.8 Å². The number of hydrogen-bond acceptors (Lipinski definition) is 5. The third-order valence-electron chi connectivity index (χ3n) is 2.38. The standard InChI is InChI=1S/C10H13ClN2O6S2/c11-9-3-2-7(6-8(9)10(14)15)21(18,19)13-4-1-5-20(12,16)17/h2-3,6,13H,1,4-5H2,(H,14,15)(H2,12,16,17). The lowest BCUT2D eigenvalue weighted by molar-refractivity contribution is 0.0697. The summed E-state index contributed by atoms with van der Waals surface area (Å²) >= 11 is 5.64. The van der Waals surface area contributed by atoms with E-state index in [1.165, 1.54) is 0 Å². The lowest BCUT2D eigenvalue weighted by Crippen LogP contribution is -2.27. The Labute approximate surface area is 127 Å². The fourth-order valence-electron chi connectivity index (χ4n) is 1.40. The van der Waals surface area contributed by atoms with Crippen LogP contribution in [0.5, 0.6) is 0 Å². The Morgan fingerprint density at radius 2 is 1.90 bits per heavy atom. The first-order valence-corrected chi connectivity index (χ1v) is 9.13. The predicted octanol–water partition coefficient (Wildman–Crippen LogP) is -0.00490. The molecule has 118 valence electrons. The van der Waals surface area contributed by atoms with Gasteiger partial charge in [0.05, 0.1) is 21.2 Å². The van der Waals surface area contributed by atoms with E-state index in [2.05, 4.69) is 4.72 Å². The fraction of sp³-hybridized carbons (Fsp3) is 0.300. The number of rotatable bonds is 7. The van der Waals surface area contributed by atoms with Gasteiger partial charge in [-0.05, 0) is 24.6 Å². The smallest absolute Gasteiger partial charge is 0.337 e. The van der Waals surface area contributed by atoms with Gasteiger partial charge in [-0.1, -0.05) is 11.6 Å². The van der Waals surface area contributed by atoms with E-state index in [1.54, 1.807) is 0 Å². The number of nitrogens with one attached hydrogen (secondary N) is 1. The van der Waals surface area contributed by atoms with Crippen molar-refractivity contribution in [3.8, 4) is 0 Å². The quantitative estimate of drug-likeness (QED) is 0.586. The Balaban J connectivity index is 2.84. The number of primary sulfonamides is 1. The molecule has 0 aromatic heterocycles. The van der Waals surface area contributed by atoms with Crippen LogP contribution in [0.3, 0.4) is 0 Å². The minimum Gasteiger partial charge on any atom is -0.478 e. The molecule has 8 nitrogen and oxygen atoms in total. The third kappa shape index (κ3) is 5.59. The Kier molecular flexibility index (Phi) is 5.70. The van der Waals surface area contributed by atoms with Gasteiger partial charge in [-0.3, -0.25) is 0 Å². The van der Waals surface area contributed by atoms with Gasteiger partial charge >= 0.3 is 5.97 Å². The summed E-state index contributed by atoms with van der Waals surface area (Å²) in [4.78, 5) is 10.6. The zero-order chi connectivity index (χ0) is 16.3. The highest BCUT2D eigenvalue weighted by atomic mass is 35.5. The summed E-state index contributed by atoms with van der Waals surface area (Å²) in [6.45, 7) is -0.149. The van der Waals surface area contributed by atoms with Gasteiger partial charge in [0.2, 0.25) is 20.0 Å². The fourth-order valence-corrected chi connectivity index (χ4v) is 3.24. The number of nitrogens with two attached hydrogens (primary N) is 1. The molecule has 0 unspecified atom stereocenters. The number of aromatic carboxylic acids is 1. The highest BCUT2D eigenvalue weighted by Crippen LogP contribution is 2.20. The van der Waals surface area contributed by atoms with Crippen LogP contribution in [-0.4, -0.2) is 40.2 Å². The van der Waals surface area contributed by atoms with Crippen LogP contribution in [0.25, 0.3) is 0 Å². The number of hydrogen-bond donors (Lipinski definition) is 3. The van der Waals surface area contributed by atoms with Crippen molar-refractivity contribution in [3.05, 3.63) is 28.8 Å². The zero-order valence-electron chi connectivity index (χ0n) is 10.6. The van der Waals surface area contributed by atoms with Gasteiger partial charge in [0, 0.05) is 6.54 Å². The Morgan fingerprint density at radius 1 is 1.29 bits per heavy atom. The summed E-state index contributed by atoms with van der Waals surface area (Å²) in [5.74, 6) is -1.72. The second-order valence-electron chi connectivity index (χ2n) is 4.07. The maximum Gasteiger partial charge on any atom is 0.337 e. The van der Waals surface area contributed by atoms with E-state index in [0.29, 0.717) is 0 Å². The van der Waals surface area contributed by atoms with Crippen LogP contribution in [0.4, 0.5) is 0 Å². The summed E-state index contributed by atoms with van der Waals surface area (Å²) in [5, 5.41) is 13.6. The van der Waals surface area contributed by atoms with E-state index in [0.717, 1.165) is 18.2 Å². The molecule has 1 aromatic rings. The normalized spacial score (nSPS) is 12.3. The zero-order valence-corrected chi connectivity index (χ0v) is 13.0. The molecule has 0 amide bonds. The minimum atomic E-state index is -3.96. The van der Waals surface area contributed by atoms with E-state index < -0.39 is 26.0 Å². The maximum atomic E-state index is 11.9. The summed E-state index contributed by atoms with van der Waals surface area (Å²) in [6, 6.07) is 3.23. The van der Waals surface area contributed by atoms with Crippen molar-refractivity contribution in [3.63, 3.8) is 0 Å². The van der Waals surface area contributed by atoms with Crippen LogP contribution in [0, 0.1) is 0 Å². The molecule has 0 saturated carbocycles. The summed E-state index contributed by atoms with van der Waals surface area (Å²) in [5.41, 5.74) is -0.343. The third-order valence-corrected chi connectivity index (χ3v) is 5.02. The van der Waals surface area contributed by atoms with Gasteiger partial charge < -0.3 is 5.11 Å². The molecule has 0 spiro atoms. The van der Waals surface area contributed by atoms with Crippen molar-refractivity contribution in [2.75, 3.05) is 12.3 Å². The molecule has 0 atom stereocenters. The molecular formula is C10H13ClN2O6S2. The van der Waals surface area contributed by atoms with Crippen molar-refractivity contribution in [1.82, 2.24) is 4.72 Å². The van der Waals surface area contributed by atoms with Gasteiger partial charge in [-0.25, -0.2) is 31.5 Å². The average Bonchev–Trinajstić information content (AvgIpc) is 2.33. The lowest BCUT2D eigenvalue weighted by Gasteiger charge is -2.08. The van der Waals surface area contributed by atoms with Gasteiger partial charge in [-0.2, -0.15) is 0 Å². The van der Waals surface area contributed by atoms with Crippen LogP contribution in [0.15, 0.2) is 23.1 Å². The largest absolute Gasteiger partial charge is 0.478 e. The van der Waals surface area contributed by atoms with E-state index in [1.807, 2.05) is 0 Å². The molecule has 0 bridgehead atoms. The van der Waals surface area contributed by atoms with Gasteiger partial charge in [0.25, 0.3) is 0 Å². The molecule has 0 radical (unpaired) electrons. The first-order valence-electron chi connectivity index (χ1n) is 5.56. The highest BCUT2D eigenvalue weighted by molar-refractivity contribution is 7.89. The van der Waals surface area contributed by atoms with E-state index in [9.17, 15) is 21.6 Å². The molecule has 1 aromatic carbocycles. The number of sulfonamides is 2. The van der Waals surface area contributed by atoms with Gasteiger partial charge in [0.15, 0.2) is 0 Å². The number of carboxylic acid groups (broad SMARTS) is 1. The van der Waals surface area contributed by atoms with Gasteiger partial charge in [0.1, 0.15) is 0 Å². The molecule has 0 aliphatic rings. The summed E-state index contributed by atoms with van der Waals surface area (Å²) in [7, 11) is -7.62. The summed E-state index contributed by atoms with van der Waals surface area (Å²) in [6.07, 6.45) is -0.00254. The average molecular weight is 357 g/mol. The second kappa shape index (κ2) is 6.71. The molecule has 1 rings (SSSR count). The van der Waals surface area contributed by atoms with Crippen molar-refractivity contribution < 1.29 is 26.7 Å². The Morgan fingerprint density at radius 3 is 2.43 bits per heavy atom. The monoisotopic (exact) mass is 356 g/mol. The first-order chi connectivity index (χ1) is 9.53. The molecule has 0 saturated heterocycles. The van der Waals surface area contributed by atoms with Crippen LogP contribution in [0.2, 0.25) is 5.02 Å². The van der Waals surface area contributed by atoms with Crippen molar-refractivity contribution in [2.45, 2.75) is 11.3 Å². The Hall–Kier alpha value is -1.20. The van der Waals surface area contributed by atoms with Crippen molar-refractivity contribution in [1.29, 1.82) is 0 Å². The molecule has 11 heteroatoms. The number of carbonyl (C=O) groups is 1. The topological polar surface area (TPSA) is 144 Å². The summed E-state index contributed by atoms with van der Waals surface area (Å²) < 4.78 is 47.4. The predicted molar refractivity (Wildman–Crippen MR) is 76.2 cm³/mol. The maximum absolute atomic E-state index is 11.9. The van der Waals surface area contributed by atoms with Gasteiger partial charge in [-0.15, -0.1) is 0 Å². The molecule has 0 fully saturated rings. The van der Waals surface area contributed by atoms with Crippen LogP contribution < -0.4 is 9.86 Å². The van der Waals surface area contributed by atoms with Crippen molar-refractivity contribution >= 4 is 37.6 Å². The molecule has 0 heterocycles. The SMILES string of the molecule is NS(=O)(=O)CCCNS(=O)(=O)c1ccc(Cl)c(C(=O)O)c1. The van der Waals surface area contributed by atoms with Crippen LogP contribution in [0.1, 0.15) is 16.8 Å². The molecule has 0 aliphatic carbocycles. The highest BCUT2D eigenvalue weighted by Gasteiger charge is 2.18. The van der Waals surface area contributed by atoms with E-state index >= 15 is 0 Å². The minimum absolute atomic E-state index is 0.00254.